The number of aromatic nitrogens is 5. The number of rotatable bonds is 4. The predicted molar refractivity (Wildman–Crippen MR) is 205 cm³/mol. The molecule has 50 heavy (non-hydrogen) atoms. The summed E-state index contributed by atoms with van der Waals surface area (Å²) in [5.74, 6) is 0. The van der Waals surface area contributed by atoms with E-state index < -0.39 is 0 Å². The topological polar surface area (TPSA) is 64.5 Å². The molecule has 0 N–H and O–H groups in total. The van der Waals surface area contributed by atoms with Gasteiger partial charge in [-0.05, 0) is 82.9 Å². The van der Waals surface area contributed by atoms with E-state index in [0.717, 1.165) is 99.3 Å². The SMILES string of the molecule is c1ccc2ncc(-c3ccc4ccc(-c5ccc6nc(-c7ccc(-c8cc9cccnc9c9ncccc89)cc7)ccc6c5)cc4n3)cc2c1. The highest BCUT2D eigenvalue weighted by molar-refractivity contribution is 6.10. The molecule has 0 aliphatic rings. The van der Waals surface area contributed by atoms with E-state index in [1.807, 2.05) is 48.9 Å². The van der Waals surface area contributed by atoms with E-state index in [0.29, 0.717) is 0 Å². The third kappa shape index (κ3) is 4.83. The zero-order chi connectivity index (χ0) is 33.0. The summed E-state index contributed by atoms with van der Waals surface area (Å²) in [4.78, 5) is 24.0. The molecule has 0 saturated heterocycles. The highest BCUT2D eigenvalue weighted by Gasteiger charge is 2.12. The lowest BCUT2D eigenvalue weighted by Gasteiger charge is -2.11. The van der Waals surface area contributed by atoms with Crippen LogP contribution in [0.3, 0.4) is 0 Å². The summed E-state index contributed by atoms with van der Waals surface area (Å²) in [6.45, 7) is 0. The van der Waals surface area contributed by atoms with Gasteiger partial charge in [0.05, 0.1) is 39.0 Å². The normalized spacial score (nSPS) is 11.6. The Bertz CT molecular complexity index is 2930. The van der Waals surface area contributed by atoms with Gasteiger partial charge in [0.15, 0.2) is 0 Å². The van der Waals surface area contributed by atoms with Crippen LogP contribution in [0, 0.1) is 0 Å². The molecule has 10 rings (SSSR count). The van der Waals surface area contributed by atoms with Crippen LogP contribution in [-0.4, -0.2) is 24.9 Å². The van der Waals surface area contributed by atoms with Crippen LogP contribution in [0.5, 0.6) is 0 Å². The van der Waals surface area contributed by atoms with Gasteiger partial charge in [-0.3, -0.25) is 15.0 Å². The number of pyridine rings is 5. The summed E-state index contributed by atoms with van der Waals surface area (Å²) < 4.78 is 0. The average Bonchev–Trinajstić information content (AvgIpc) is 3.19. The Morgan fingerprint density at radius 2 is 0.980 bits per heavy atom. The second-order valence-electron chi connectivity index (χ2n) is 12.6. The van der Waals surface area contributed by atoms with Crippen LogP contribution in [0.25, 0.3) is 99.3 Å². The van der Waals surface area contributed by atoms with Crippen LogP contribution < -0.4 is 0 Å². The lowest BCUT2D eigenvalue weighted by atomic mass is 9.96. The zero-order valence-electron chi connectivity index (χ0n) is 26.8. The van der Waals surface area contributed by atoms with Crippen molar-refractivity contribution in [3.8, 4) is 44.8 Å². The number of hydrogen-bond donors (Lipinski definition) is 0. The molecule has 0 bridgehead atoms. The van der Waals surface area contributed by atoms with Gasteiger partial charge in [-0.25, -0.2) is 9.97 Å². The lowest BCUT2D eigenvalue weighted by Crippen LogP contribution is -1.90. The van der Waals surface area contributed by atoms with E-state index in [1.165, 1.54) is 0 Å². The van der Waals surface area contributed by atoms with Crippen LogP contribution in [0.2, 0.25) is 0 Å². The van der Waals surface area contributed by atoms with Crippen molar-refractivity contribution in [2.45, 2.75) is 0 Å². The minimum Gasteiger partial charge on any atom is -0.256 e. The molecule has 0 fully saturated rings. The van der Waals surface area contributed by atoms with E-state index in [2.05, 4.69) is 130 Å². The van der Waals surface area contributed by atoms with E-state index in [1.54, 1.807) is 0 Å². The molecule has 0 unspecified atom stereocenters. The maximum Gasteiger partial charge on any atom is 0.0970 e. The fraction of sp³-hybridized carbons (Fsp3) is 0. The third-order valence-electron chi connectivity index (χ3n) is 9.55. The van der Waals surface area contributed by atoms with Crippen molar-refractivity contribution in [2.24, 2.45) is 0 Å². The van der Waals surface area contributed by atoms with Gasteiger partial charge in [-0.1, -0.05) is 84.9 Å². The van der Waals surface area contributed by atoms with Crippen LogP contribution in [-0.2, 0) is 0 Å². The molecule has 0 saturated carbocycles. The standard InChI is InChI=1S/C45H27N5/c1-2-8-39-33(5-1)24-36(27-48-39)42-18-15-30-13-14-32(26-43(30)50-42)31-16-19-41-34(23-31)17-20-40(49-41)29-11-9-28(10-12-29)38-25-35-6-3-21-46-44(35)45-37(38)7-4-22-47-45/h1-27H. The molecule has 0 amide bonds. The van der Waals surface area contributed by atoms with Gasteiger partial charge >= 0.3 is 0 Å². The van der Waals surface area contributed by atoms with Crippen LogP contribution in [0.15, 0.2) is 164 Å². The van der Waals surface area contributed by atoms with Gasteiger partial charge in [-0.15, -0.1) is 0 Å². The van der Waals surface area contributed by atoms with Gasteiger partial charge < -0.3 is 0 Å². The zero-order valence-corrected chi connectivity index (χ0v) is 26.8. The first-order valence-corrected chi connectivity index (χ1v) is 16.6. The van der Waals surface area contributed by atoms with Gasteiger partial charge in [0.2, 0.25) is 0 Å². The monoisotopic (exact) mass is 637 g/mol. The molecule has 5 heterocycles. The van der Waals surface area contributed by atoms with E-state index >= 15 is 0 Å². The second-order valence-corrected chi connectivity index (χ2v) is 12.6. The predicted octanol–water partition coefficient (Wildman–Crippen LogP) is 11.1. The molecule has 5 aromatic heterocycles. The summed E-state index contributed by atoms with van der Waals surface area (Å²) >= 11 is 0. The van der Waals surface area contributed by atoms with Crippen molar-refractivity contribution < 1.29 is 0 Å². The molecule has 10 aromatic rings. The second kappa shape index (κ2) is 11.4. The van der Waals surface area contributed by atoms with Crippen LogP contribution in [0.1, 0.15) is 0 Å². The van der Waals surface area contributed by atoms with E-state index in [-0.39, 0.29) is 0 Å². The quantitative estimate of drug-likeness (QED) is 0.180. The molecule has 0 radical (unpaired) electrons. The first-order valence-electron chi connectivity index (χ1n) is 16.6. The van der Waals surface area contributed by atoms with Gasteiger partial charge in [0, 0.05) is 56.6 Å². The van der Waals surface area contributed by atoms with Crippen molar-refractivity contribution in [1.82, 2.24) is 24.9 Å². The smallest absolute Gasteiger partial charge is 0.0970 e. The van der Waals surface area contributed by atoms with Gasteiger partial charge in [-0.2, -0.15) is 0 Å². The van der Waals surface area contributed by atoms with Crippen molar-refractivity contribution in [1.29, 1.82) is 0 Å². The molecule has 5 heteroatoms. The minimum atomic E-state index is 0.913. The van der Waals surface area contributed by atoms with Crippen molar-refractivity contribution in [2.75, 3.05) is 0 Å². The van der Waals surface area contributed by atoms with Crippen molar-refractivity contribution in [3.63, 3.8) is 0 Å². The molecule has 0 aliphatic heterocycles. The van der Waals surface area contributed by atoms with Crippen molar-refractivity contribution >= 4 is 54.5 Å². The molecule has 0 spiro atoms. The average molecular weight is 638 g/mol. The highest BCUT2D eigenvalue weighted by atomic mass is 14.7. The van der Waals surface area contributed by atoms with Crippen LogP contribution >= 0.6 is 0 Å². The molecule has 5 nitrogen and oxygen atoms in total. The highest BCUT2D eigenvalue weighted by Crippen LogP contribution is 2.35. The number of hydrogen-bond acceptors (Lipinski definition) is 5. The molecule has 5 aromatic carbocycles. The lowest BCUT2D eigenvalue weighted by molar-refractivity contribution is 1.35. The Morgan fingerprint density at radius 3 is 1.90 bits per heavy atom. The maximum atomic E-state index is 5.05. The third-order valence-corrected chi connectivity index (χ3v) is 9.55. The Kier molecular flexibility index (Phi) is 6.42. The summed E-state index contributed by atoms with van der Waals surface area (Å²) in [6, 6.07) is 50.7. The molecule has 0 atom stereocenters. The number of benzene rings is 5. The first kappa shape index (κ1) is 28.2. The van der Waals surface area contributed by atoms with Gasteiger partial charge in [0.1, 0.15) is 0 Å². The number of nitrogens with zero attached hydrogens (tertiary/aromatic N) is 5. The summed E-state index contributed by atoms with van der Waals surface area (Å²) in [5, 5.41) is 5.48. The Balaban J connectivity index is 0.956. The minimum absolute atomic E-state index is 0.913. The summed E-state index contributed by atoms with van der Waals surface area (Å²) in [6.07, 6.45) is 5.56. The molecular formula is C45H27N5. The summed E-state index contributed by atoms with van der Waals surface area (Å²) in [7, 11) is 0. The molecule has 0 aliphatic carbocycles. The Hall–Kier alpha value is -6.85. The van der Waals surface area contributed by atoms with Gasteiger partial charge in [0.25, 0.3) is 0 Å². The van der Waals surface area contributed by atoms with Crippen LogP contribution in [0.4, 0.5) is 0 Å². The Morgan fingerprint density at radius 1 is 0.340 bits per heavy atom. The number of fused-ring (bicyclic) bond motifs is 6. The molecule has 232 valence electrons. The van der Waals surface area contributed by atoms with Crippen molar-refractivity contribution in [3.05, 3.63) is 164 Å². The first-order chi connectivity index (χ1) is 24.7. The fourth-order valence-corrected chi connectivity index (χ4v) is 6.97. The van der Waals surface area contributed by atoms with E-state index in [4.69, 9.17) is 9.97 Å². The maximum absolute atomic E-state index is 5.05. The largest absolute Gasteiger partial charge is 0.256 e. The van der Waals surface area contributed by atoms with E-state index in [9.17, 15) is 0 Å². The fourth-order valence-electron chi connectivity index (χ4n) is 6.97. The Labute approximate surface area is 287 Å². The molecular weight excluding hydrogens is 611 g/mol. The number of para-hydroxylation sites is 1. The summed E-state index contributed by atoms with van der Waals surface area (Å²) in [5.41, 5.74) is 13.2.